The smallest absolute Gasteiger partial charge is 0.257 e. The molecule has 6 fully saturated rings. The van der Waals surface area contributed by atoms with Crippen molar-refractivity contribution in [2.24, 2.45) is 23.2 Å². The molecule has 8 nitrogen and oxygen atoms in total. The summed E-state index contributed by atoms with van der Waals surface area (Å²) >= 11 is 0. The van der Waals surface area contributed by atoms with Gasteiger partial charge < -0.3 is 13.9 Å². The Morgan fingerprint density at radius 2 is 1.51 bits per heavy atom. The molecule has 9 rings (SSSR count). The minimum atomic E-state index is -2.64. The van der Waals surface area contributed by atoms with E-state index in [0.717, 1.165) is 80.2 Å². The molecule has 1 amide bonds. The average molecular weight is 592 g/mol. The van der Waals surface area contributed by atoms with E-state index in [2.05, 4.69) is 15.3 Å². The summed E-state index contributed by atoms with van der Waals surface area (Å²) in [6.07, 6.45) is 12.2. The van der Waals surface area contributed by atoms with Gasteiger partial charge in [-0.15, -0.1) is 0 Å². The molecule has 0 aliphatic heterocycles. The molecule has 0 N–H and O–H groups in total. The van der Waals surface area contributed by atoms with Crippen LogP contribution in [-0.2, 0) is 23.1 Å². The highest BCUT2D eigenvalue weighted by Gasteiger charge is 2.53. The highest BCUT2D eigenvalue weighted by atomic mass is 19.3. The molecule has 0 saturated heterocycles. The summed E-state index contributed by atoms with van der Waals surface area (Å²) in [5.74, 6) is 1.15. The van der Waals surface area contributed by atoms with Crippen LogP contribution in [0, 0.1) is 23.2 Å². The van der Waals surface area contributed by atoms with Crippen LogP contribution in [0.25, 0.3) is 11.5 Å². The molecule has 0 atom stereocenters. The van der Waals surface area contributed by atoms with Crippen LogP contribution in [0.1, 0.15) is 101 Å². The molecule has 43 heavy (non-hydrogen) atoms. The lowest BCUT2D eigenvalue weighted by Gasteiger charge is -2.53. The number of hydrogen-bond donors (Lipinski definition) is 0. The van der Waals surface area contributed by atoms with Gasteiger partial charge in [-0.25, -0.2) is 8.78 Å². The third-order valence-corrected chi connectivity index (χ3v) is 11.0. The topological polar surface area (TPSA) is 98.2 Å². The normalized spacial score (nSPS) is 28.1. The first-order chi connectivity index (χ1) is 20.8. The molecular weight excluding hydrogens is 552 g/mol. The lowest BCUT2D eigenvalue weighted by molar-refractivity contribution is -0.132. The van der Waals surface area contributed by atoms with Crippen molar-refractivity contribution < 1.29 is 22.6 Å². The summed E-state index contributed by atoms with van der Waals surface area (Å²) in [7, 11) is 0. The molecule has 2 bridgehead atoms. The molecule has 0 radical (unpaired) electrons. The van der Waals surface area contributed by atoms with Crippen LogP contribution in [-0.4, -0.2) is 38.7 Å². The Balaban J connectivity index is 1.01. The number of carbonyl (C=O) groups is 1. The largest absolute Gasteiger partial charge is 0.339 e. The first kappa shape index (κ1) is 27.4. The van der Waals surface area contributed by atoms with Crippen LogP contribution in [0.15, 0.2) is 33.3 Å². The summed E-state index contributed by atoms with van der Waals surface area (Å²) in [6, 6.07) is 7.70. The zero-order valence-corrected chi connectivity index (χ0v) is 24.6. The van der Waals surface area contributed by atoms with Crippen LogP contribution in [0.5, 0.6) is 0 Å². The van der Waals surface area contributed by atoms with Crippen molar-refractivity contribution in [1.29, 1.82) is 0 Å². The van der Waals surface area contributed by atoms with Gasteiger partial charge in [-0.3, -0.25) is 4.79 Å². The van der Waals surface area contributed by atoms with E-state index in [4.69, 9.17) is 14.0 Å². The maximum Gasteiger partial charge on any atom is 0.257 e. The minimum absolute atomic E-state index is 0.0320. The molecule has 228 valence electrons. The average Bonchev–Trinajstić information content (AvgIpc) is 3.89. The fourth-order valence-electron chi connectivity index (χ4n) is 7.74. The number of anilines is 1. The Kier molecular flexibility index (Phi) is 6.49. The number of rotatable bonds is 11. The number of carbonyl (C=O) groups excluding carboxylic acids is 1. The van der Waals surface area contributed by atoms with Crippen LogP contribution < -0.4 is 4.90 Å². The van der Waals surface area contributed by atoms with E-state index in [1.54, 1.807) is 0 Å². The molecule has 3 aromatic rings. The standard InChI is InChI=1S/C33H39F2N5O3/c34-33(35)18-23(19-33)16-28(41)40(25-3-1-2-24(17-25)29-36-26(38-42-29)14-21-4-5-21)20-31-8-11-32(12-9-31,13-10-31)30-37-27(39-43-30)15-22-6-7-22/h1-3,17,21-23H,4-16,18-20H2. The molecule has 0 unspecified atom stereocenters. The number of benzene rings is 1. The summed E-state index contributed by atoms with van der Waals surface area (Å²) in [4.78, 5) is 25.2. The van der Waals surface area contributed by atoms with Gasteiger partial charge in [-0.1, -0.05) is 16.4 Å². The zero-order chi connectivity index (χ0) is 29.2. The van der Waals surface area contributed by atoms with E-state index >= 15 is 0 Å². The maximum absolute atomic E-state index is 13.9. The summed E-state index contributed by atoms with van der Waals surface area (Å²) in [5.41, 5.74) is 1.42. The Labute approximate surface area is 250 Å². The fraction of sp³-hybridized carbons (Fsp3) is 0.667. The van der Waals surface area contributed by atoms with Gasteiger partial charge in [0.1, 0.15) is 0 Å². The van der Waals surface area contributed by atoms with Crippen LogP contribution in [0.4, 0.5) is 14.5 Å². The first-order valence-electron chi connectivity index (χ1n) is 16.2. The van der Waals surface area contributed by atoms with Crippen molar-refractivity contribution >= 4 is 11.6 Å². The van der Waals surface area contributed by atoms with Crippen LogP contribution >= 0.6 is 0 Å². The van der Waals surface area contributed by atoms with E-state index < -0.39 is 5.92 Å². The molecule has 2 heterocycles. The second-order valence-corrected chi connectivity index (χ2v) is 14.5. The van der Waals surface area contributed by atoms with Crippen molar-refractivity contribution in [3.63, 3.8) is 0 Å². The van der Waals surface area contributed by atoms with Gasteiger partial charge in [0, 0.05) is 55.3 Å². The predicted octanol–water partition coefficient (Wildman–Crippen LogP) is 7.09. The van der Waals surface area contributed by atoms with Gasteiger partial charge in [0.2, 0.25) is 17.7 Å². The Hall–Kier alpha value is -3.17. The quantitative estimate of drug-likeness (QED) is 0.235. The van der Waals surface area contributed by atoms with E-state index in [9.17, 15) is 13.6 Å². The third kappa shape index (κ3) is 5.62. The number of aromatic nitrogens is 4. The molecular formula is C33H39F2N5O3. The number of amides is 1. The molecule has 6 aliphatic rings. The third-order valence-electron chi connectivity index (χ3n) is 11.0. The van der Waals surface area contributed by atoms with Crippen molar-refractivity contribution in [2.45, 2.75) is 108 Å². The van der Waals surface area contributed by atoms with E-state index in [0.29, 0.717) is 24.3 Å². The van der Waals surface area contributed by atoms with Crippen molar-refractivity contribution in [3.8, 4) is 11.5 Å². The van der Waals surface area contributed by atoms with Crippen molar-refractivity contribution in [3.05, 3.63) is 41.8 Å². The monoisotopic (exact) mass is 591 g/mol. The lowest BCUT2D eigenvalue weighted by atomic mass is 9.53. The number of alkyl halides is 2. The van der Waals surface area contributed by atoms with Crippen molar-refractivity contribution in [2.75, 3.05) is 11.4 Å². The molecule has 2 aromatic heterocycles. The number of fused-ring (bicyclic) bond motifs is 3. The van der Waals surface area contributed by atoms with Gasteiger partial charge in [-0.2, -0.15) is 9.97 Å². The Bertz CT molecular complexity index is 1480. The van der Waals surface area contributed by atoms with Crippen LogP contribution in [0.3, 0.4) is 0 Å². The first-order valence-corrected chi connectivity index (χ1v) is 16.2. The highest BCUT2D eigenvalue weighted by molar-refractivity contribution is 5.94. The number of halogens is 2. The fourth-order valence-corrected chi connectivity index (χ4v) is 7.74. The highest BCUT2D eigenvalue weighted by Crippen LogP contribution is 2.58. The zero-order valence-electron chi connectivity index (χ0n) is 24.6. The second-order valence-electron chi connectivity index (χ2n) is 14.5. The summed E-state index contributed by atoms with van der Waals surface area (Å²) in [5, 5.41) is 8.48. The SMILES string of the molecule is O=C(CC1CC(F)(F)C1)N(CC12CCC(c3nc(CC4CC4)no3)(CC1)CC2)c1cccc(-c2nc(CC3CC3)no2)c1. The maximum atomic E-state index is 13.9. The number of nitrogens with zero attached hydrogens (tertiary/aromatic N) is 5. The van der Waals surface area contributed by atoms with Crippen LogP contribution in [0.2, 0.25) is 0 Å². The molecule has 1 aromatic carbocycles. The van der Waals surface area contributed by atoms with E-state index in [1.807, 2.05) is 29.2 Å². The van der Waals surface area contributed by atoms with Gasteiger partial charge in [-0.05, 0) is 106 Å². The predicted molar refractivity (Wildman–Crippen MR) is 153 cm³/mol. The Morgan fingerprint density at radius 1 is 0.860 bits per heavy atom. The second kappa shape index (κ2) is 10.2. The molecule has 6 aliphatic carbocycles. The van der Waals surface area contributed by atoms with Gasteiger partial charge in [0.15, 0.2) is 11.6 Å². The van der Waals surface area contributed by atoms with E-state index in [-0.39, 0.29) is 41.9 Å². The summed E-state index contributed by atoms with van der Waals surface area (Å²) < 4.78 is 38.7. The van der Waals surface area contributed by atoms with Gasteiger partial charge in [0.25, 0.3) is 5.89 Å². The summed E-state index contributed by atoms with van der Waals surface area (Å²) in [6.45, 7) is 0.571. The van der Waals surface area contributed by atoms with Gasteiger partial charge >= 0.3 is 0 Å². The van der Waals surface area contributed by atoms with E-state index in [1.165, 1.54) is 25.7 Å². The molecule has 10 heteroatoms. The van der Waals surface area contributed by atoms with Gasteiger partial charge in [0.05, 0.1) is 0 Å². The lowest BCUT2D eigenvalue weighted by Crippen LogP contribution is -2.51. The number of hydrogen-bond acceptors (Lipinski definition) is 7. The minimum Gasteiger partial charge on any atom is -0.339 e. The van der Waals surface area contributed by atoms with Crippen molar-refractivity contribution in [1.82, 2.24) is 20.3 Å². The molecule has 0 spiro atoms. The molecule has 6 saturated carbocycles. The Morgan fingerprint density at radius 3 is 2.16 bits per heavy atom.